The van der Waals surface area contributed by atoms with E-state index in [4.69, 9.17) is 16.3 Å². The van der Waals surface area contributed by atoms with E-state index in [1.165, 1.54) is 6.07 Å². The number of hydrogen-bond acceptors (Lipinski definition) is 4. The molecule has 7 heteroatoms. The molecule has 144 valence electrons. The number of halogens is 2. The molecule has 1 aliphatic heterocycles. The number of hydrogen-bond donors (Lipinski definition) is 1. The van der Waals surface area contributed by atoms with Crippen LogP contribution >= 0.6 is 11.6 Å². The fourth-order valence-corrected chi connectivity index (χ4v) is 3.16. The van der Waals surface area contributed by atoms with Crippen LogP contribution in [0.1, 0.15) is 0 Å². The predicted octanol–water partition coefficient (Wildman–Crippen LogP) is 3.11. The van der Waals surface area contributed by atoms with Gasteiger partial charge in [-0.25, -0.2) is 4.39 Å². The Morgan fingerprint density at radius 3 is 2.44 bits per heavy atom. The van der Waals surface area contributed by atoms with Crippen LogP contribution in [0, 0.1) is 5.82 Å². The van der Waals surface area contributed by atoms with Crippen molar-refractivity contribution in [3.8, 4) is 5.75 Å². The molecule has 0 unspecified atom stereocenters. The molecule has 2 aromatic rings. The van der Waals surface area contributed by atoms with Gasteiger partial charge in [0, 0.05) is 32.7 Å². The van der Waals surface area contributed by atoms with E-state index in [-0.39, 0.29) is 17.5 Å². The summed E-state index contributed by atoms with van der Waals surface area (Å²) in [5.41, 5.74) is 0.632. The molecule has 0 bridgehead atoms. The lowest BCUT2D eigenvalue weighted by Gasteiger charge is -2.34. The molecule has 0 saturated carbocycles. The smallest absolute Gasteiger partial charge is 0.238 e. The third-order valence-electron chi connectivity index (χ3n) is 4.48. The van der Waals surface area contributed by atoms with Crippen molar-refractivity contribution in [2.75, 3.05) is 51.2 Å². The highest BCUT2D eigenvalue weighted by atomic mass is 35.5. The van der Waals surface area contributed by atoms with Crippen molar-refractivity contribution in [1.29, 1.82) is 0 Å². The van der Waals surface area contributed by atoms with Crippen LogP contribution in [0.25, 0.3) is 0 Å². The summed E-state index contributed by atoms with van der Waals surface area (Å²) in [6, 6.07) is 13.6. The maximum absolute atomic E-state index is 13.5. The van der Waals surface area contributed by atoms with Gasteiger partial charge in [-0.05, 0) is 24.3 Å². The Kier molecular flexibility index (Phi) is 7.04. The molecule has 5 nitrogen and oxygen atoms in total. The van der Waals surface area contributed by atoms with Gasteiger partial charge in [0.05, 0.1) is 17.3 Å². The van der Waals surface area contributed by atoms with E-state index in [1.807, 2.05) is 12.1 Å². The number of nitrogens with zero attached hydrogens (tertiary/aromatic N) is 2. The molecule has 1 fully saturated rings. The van der Waals surface area contributed by atoms with Gasteiger partial charge in [-0.3, -0.25) is 14.6 Å². The van der Waals surface area contributed by atoms with Gasteiger partial charge >= 0.3 is 0 Å². The molecule has 1 saturated heterocycles. The van der Waals surface area contributed by atoms with Crippen LogP contribution in [0.2, 0.25) is 5.02 Å². The Hall–Kier alpha value is -2.15. The Labute approximate surface area is 163 Å². The van der Waals surface area contributed by atoms with Crippen LogP contribution in [0.3, 0.4) is 0 Å². The molecule has 1 N–H and O–H groups in total. The molecule has 2 aromatic carbocycles. The highest BCUT2D eigenvalue weighted by Crippen LogP contribution is 2.20. The van der Waals surface area contributed by atoms with Gasteiger partial charge in [0.25, 0.3) is 0 Å². The van der Waals surface area contributed by atoms with E-state index >= 15 is 0 Å². The van der Waals surface area contributed by atoms with Gasteiger partial charge < -0.3 is 10.1 Å². The van der Waals surface area contributed by atoms with Crippen LogP contribution in [0.5, 0.6) is 5.75 Å². The van der Waals surface area contributed by atoms with Gasteiger partial charge in [-0.2, -0.15) is 0 Å². The van der Waals surface area contributed by atoms with Crippen LogP contribution in [-0.4, -0.2) is 61.6 Å². The fourth-order valence-electron chi connectivity index (χ4n) is 2.97. The number of nitrogens with one attached hydrogen (secondary N) is 1. The maximum atomic E-state index is 13.5. The van der Waals surface area contributed by atoms with Gasteiger partial charge in [0.15, 0.2) is 11.6 Å². The number of ether oxygens (including phenoxy) is 1. The van der Waals surface area contributed by atoms with Crippen molar-refractivity contribution in [3.05, 3.63) is 59.4 Å². The third kappa shape index (κ3) is 5.92. The second-order valence-electron chi connectivity index (χ2n) is 6.42. The summed E-state index contributed by atoms with van der Waals surface area (Å²) >= 11 is 6.06. The number of carbonyl (C=O) groups excluding carboxylic acids is 1. The number of rotatable bonds is 7. The SMILES string of the molecule is O=C(CN1CCN(CCOc2ccccc2F)CC1)Nc1ccccc1Cl. The van der Waals surface area contributed by atoms with Crippen LogP contribution < -0.4 is 10.1 Å². The summed E-state index contributed by atoms with van der Waals surface area (Å²) in [4.78, 5) is 16.6. The van der Waals surface area contributed by atoms with Crippen molar-refractivity contribution < 1.29 is 13.9 Å². The third-order valence-corrected chi connectivity index (χ3v) is 4.81. The number of carbonyl (C=O) groups is 1. The molecule has 0 aromatic heterocycles. The minimum Gasteiger partial charge on any atom is -0.489 e. The first-order valence-electron chi connectivity index (χ1n) is 8.98. The van der Waals surface area contributed by atoms with Gasteiger partial charge in [0.2, 0.25) is 5.91 Å². The first kappa shape index (κ1) is 19.6. The second kappa shape index (κ2) is 9.69. The summed E-state index contributed by atoms with van der Waals surface area (Å²) in [5, 5.41) is 3.38. The minimum atomic E-state index is -0.341. The molecular weight excluding hydrogens is 369 g/mol. The monoisotopic (exact) mass is 391 g/mol. The first-order chi connectivity index (χ1) is 13.1. The van der Waals surface area contributed by atoms with Gasteiger partial charge in [-0.15, -0.1) is 0 Å². The largest absolute Gasteiger partial charge is 0.489 e. The Morgan fingerprint density at radius 1 is 1.04 bits per heavy atom. The molecule has 0 spiro atoms. The normalized spacial score (nSPS) is 15.5. The molecule has 0 aliphatic carbocycles. The zero-order chi connectivity index (χ0) is 19.1. The van der Waals surface area contributed by atoms with E-state index in [2.05, 4.69) is 15.1 Å². The van der Waals surface area contributed by atoms with E-state index in [9.17, 15) is 9.18 Å². The first-order valence-corrected chi connectivity index (χ1v) is 9.36. The molecule has 0 radical (unpaired) electrons. The minimum absolute atomic E-state index is 0.0700. The summed E-state index contributed by atoms with van der Waals surface area (Å²) in [6.07, 6.45) is 0. The van der Waals surface area contributed by atoms with Crippen molar-refractivity contribution in [2.45, 2.75) is 0 Å². The molecule has 3 rings (SSSR count). The van der Waals surface area contributed by atoms with Crippen molar-refractivity contribution >= 4 is 23.2 Å². The van der Waals surface area contributed by atoms with E-state index < -0.39 is 0 Å². The summed E-state index contributed by atoms with van der Waals surface area (Å²) in [6.45, 7) is 4.80. The van der Waals surface area contributed by atoms with E-state index in [0.29, 0.717) is 23.9 Å². The fraction of sp³-hybridized carbons (Fsp3) is 0.350. The number of piperazine rings is 1. The van der Waals surface area contributed by atoms with Gasteiger partial charge in [-0.1, -0.05) is 35.9 Å². The van der Waals surface area contributed by atoms with Crippen LogP contribution in [0.4, 0.5) is 10.1 Å². The maximum Gasteiger partial charge on any atom is 0.238 e. The summed E-state index contributed by atoms with van der Waals surface area (Å²) in [5.74, 6) is -0.126. The Bertz CT molecular complexity index is 766. The lowest BCUT2D eigenvalue weighted by Crippen LogP contribution is -2.49. The predicted molar refractivity (Wildman–Crippen MR) is 105 cm³/mol. The number of amides is 1. The molecule has 27 heavy (non-hydrogen) atoms. The number of anilines is 1. The van der Waals surface area contributed by atoms with Crippen LogP contribution in [-0.2, 0) is 4.79 Å². The van der Waals surface area contributed by atoms with Crippen molar-refractivity contribution in [3.63, 3.8) is 0 Å². The Balaban J connectivity index is 1.36. The van der Waals surface area contributed by atoms with Gasteiger partial charge in [0.1, 0.15) is 6.61 Å². The second-order valence-corrected chi connectivity index (χ2v) is 6.83. The number of para-hydroxylation sites is 2. The van der Waals surface area contributed by atoms with Crippen molar-refractivity contribution in [2.24, 2.45) is 0 Å². The lowest BCUT2D eigenvalue weighted by molar-refractivity contribution is -0.117. The summed E-state index contributed by atoms with van der Waals surface area (Å²) in [7, 11) is 0. The molecule has 0 atom stereocenters. The van der Waals surface area contributed by atoms with Crippen LogP contribution in [0.15, 0.2) is 48.5 Å². The average molecular weight is 392 g/mol. The van der Waals surface area contributed by atoms with Crippen molar-refractivity contribution in [1.82, 2.24) is 9.80 Å². The molecule has 1 aliphatic rings. The quantitative estimate of drug-likeness (QED) is 0.787. The Morgan fingerprint density at radius 2 is 1.70 bits per heavy atom. The number of benzene rings is 2. The van der Waals surface area contributed by atoms with E-state index in [0.717, 1.165) is 32.7 Å². The highest BCUT2D eigenvalue weighted by molar-refractivity contribution is 6.33. The molecule has 1 amide bonds. The van der Waals surface area contributed by atoms with E-state index in [1.54, 1.807) is 30.3 Å². The standard InChI is InChI=1S/C20H23ClFN3O2/c21-16-5-1-3-7-18(16)23-20(26)15-25-11-9-24(10-12-25)13-14-27-19-8-4-2-6-17(19)22/h1-8H,9-15H2,(H,23,26). The zero-order valence-electron chi connectivity index (χ0n) is 15.0. The summed E-state index contributed by atoms with van der Waals surface area (Å²) < 4.78 is 19.0. The molecule has 1 heterocycles. The molecular formula is C20H23ClFN3O2. The average Bonchev–Trinajstić information content (AvgIpc) is 2.66. The highest BCUT2D eigenvalue weighted by Gasteiger charge is 2.19. The lowest BCUT2D eigenvalue weighted by atomic mass is 10.3. The topological polar surface area (TPSA) is 44.8 Å². The zero-order valence-corrected chi connectivity index (χ0v) is 15.8.